The molecule has 0 spiro atoms. The topological polar surface area (TPSA) is 249 Å². The summed E-state index contributed by atoms with van der Waals surface area (Å²) in [4.78, 5) is 13.7. The Morgan fingerprint density at radius 2 is 1.56 bits per heavy atom. The van der Waals surface area contributed by atoms with E-state index in [1.54, 1.807) is 0 Å². The Morgan fingerprint density at radius 1 is 0.854 bits per heavy atom. The second-order valence-electron chi connectivity index (χ2n) is 9.65. The highest BCUT2D eigenvalue weighted by atomic mass is 16.8. The summed E-state index contributed by atoms with van der Waals surface area (Å²) in [5, 5.41) is 90.8. The van der Waals surface area contributed by atoms with Crippen molar-refractivity contribution in [2.75, 3.05) is 13.2 Å². The number of aromatic hydroxyl groups is 3. The first kappa shape index (κ1) is 29.0. The molecule has 3 heterocycles. The second kappa shape index (κ2) is 11.4. The number of hydrogen-bond acceptors (Lipinski definition) is 15. The number of ether oxygens (including phenoxy) is 4. The molecule has 3 aromatic rings. The first-order valence-corrected chi connectivity index (χ1v) is 12.4. The molecule has 2 aromatic carbocycles. The van der Waals surface area contributed by atoms with E-state index in [0.717, 1.165) is 12.1 Å². The van der Waals surface area contributed by atoms with Crippen molar-refractivity contribution in [3.05, 3.63) is 46.6 Å². The fourth-order valence-corrected chi connectivity index (χ4v) is 4.64. The Balaban J connectivity index is 1.60. The van der Waals surface area contributed by atoms with Crippen molar-refractivity contribution in [3.8, 4) is 34.3 Å². The number of phenolic OH excluding ortho intramolecular Hbond substituents is 3. The SMILES string of the molecule is O=c1c(O[C@@H]2OC(CO)[C@H](O)C(O)C2O[C@@H]2OC[C@@H](O)C(O)[C@H]2O)c(-c2ccc(O)cc2)oc2cc(O)cc(O)c12. The molecule has 0 saturated carbocycles. The van der Waals surface area contributed by atoms with E-state index in [1.807, 2.05) is 0 Å². The van der Waals surface area contributed by atoms with Crippen molar-refractivity contribution in [2.24, 2.45) is 0 Å². The molecule has 4 unspecified atom stereocenters. The lowest BCUT2D eigenvalue weighted by atomic mass is 9.98. The van der Waals surface area contributed by atoms with E-state index in [-0.39, 0.29) is 22.7 Å². The van der Waals surface area contributed by atoms with Gasteiger partial charge < -0.3 is 69.3 Å². The van der Waals surface area contributed by atoms with Gasteiger partial charge in [-0.25, -0.2) is 0 Å². The molecule has 15 nitrogen and oxygen atoms in total. The van der Waals surface area contributed by atoms with E-state index < -0.39 is 96.6 Å². The lowest BCUT2D eigenvalue weighted by Gasteiger charge is -2.44. The average Bonchev–Trinajstić information content (AvgIpc) is 2.93. The molecule has 2 fully saturated rings. The van der Waals surface area contributed by atoms with Crippen molar-refractivity contribution in [1.82, 2.24) is 0 Å². The van der Waals surface area contributed by atoms with Gasteiger partial charge >= 0.3 is 0 Å². The molecule has 222 valence electrons. The number of benzene rings is 2. The van der Waals surface area contributed by atoms with Crippen LogP contribution in [0, 0.1) is 0 Å². The predicted molar refractivity (Wildman–Crippen MR) is 134 cm³/mol. The third kappa shape index (κ3) is 5.42. The molecule has 41 heavy (non-hydrogen) atoms. The Kier molecular flexibility index (Phi) is 8.06. The first-order chi connectivity index (χ1) is 19.5. The Morgan fingerprint density at radius 3 is 2.24 bits per heavy atom. The largest absolute Gasteiger partial charge is 0.508 e. The maximum absolute atomic E-state index is 13.7. The third-order valence-electron chi connectivity index (χ3n) is 6.85. The molecular formula is C26H28O15. The minimum Gasteiger partial charge on any atom is -0.508 e. The monoisotopic (exact) mass is 580 g/mol. The highest BCUT2D eigenvalue weighted by Crippen LogP contribution is 2.38. The fourth-order valence-electron chi connectivity index (χ4n) is 4.64. The van der Waals surface area contributed by atoms with E-state index in [2.05, 4.69) is 0 Å². The highest BCUT2D eigenvalue weighted by molar-refractivity contribution is 5.88. The van der Waals surface area contributed by atoms with Crippen LogP contribution in [0.25, 0.3) is 22.3 Å². The number of aliphatic hydroxyl groups is 6. The molecule has 9 N–H and O–H groups in total. The van der Waals surface area contributed by atoms with E-state index in [0.29, 0.717) is 0 Å². The fraction of sp³-hybridized carbons (Fsp3) is 0.423. The van der Waals surface area contributed by atoms with Crippen molar-refractivity contribution < 1.29 is 69.3 Å². The lowest BCUT2D eigenvalue weighted by Crippen LogP contribution is -2.64. The minimum atomic E-state index is -1.86. The summed E-state index contributed by atoms with van der Waals surface area (Å²) in [5.41, 5.74) is -0.992. The van der Waals surface area contributed by atoms with E-state index in [1.165, 1.54) is 24.3 Å². The van der Waals surface area contributed by atoms with Crippen LogP contribution in [0.15, 0.2) is 45.6 Å². The molecule has 0 radical (unpaired) electrons. The number of hydrogen-bond donors (Lipinski definition) is 9. The van der Waals surface area contributed by atoms with Crippen LogP contribution >= 0.6 is 0 Å². The van der Waals surface area contributed by atoms with Gasteiger partial charge in [0.2, 0.25) is 17.5 Å². The van der Waals surface area contributed by atoms with Gasteiger partial charge in [0.05, 0.1) is 13.2 Å². The van der Waals surface area contributed by atoms with Crippen LogP contribution in [-0.4, -0.2) is 114 Å². The van der Waals surface area contributed by atoms with Gasteiger partial charge in [-0.05, 0) is 24.3 Å². The molecule has 15 heteroatoms. The van der Waals surface area contributed by atoms with Gasteiger partial charge in [-0.3, -0.25) is 4.79 Å². The van der Waals surface area contributed by atoms with Gasteiger partial charge in [-0.15, -0.1) is 0 Å². The molecule has 0 aliphatic carbocycles. The quantitative estimate of drug-likeness (QED) is 0.156. The van der Waals surface area contributed by atoms with Crippen LogP contribution in [-0.2, 0) is 14.2 Å². The number of aliphatic hydroxyl groups excluding tert-OH is 6. The molecule has 2 saturated heterocycles. The zero-order chi connectivity index (χ0) is 29.6. The zero-order valence-electron chi connectivity index (χ0n) is 21.0. The number of rotatable bonds is 6. The van der Waals surface area contributed by atoms with Gasteiger partial charge in [0.1, 0.15) is 64.8 Å². The van der Waals surface area contributed by atoms with Gasteiger partial charge in [-0.2, -0.15) is 0 Å². The normalized spacial score (nSPS) is 32.2. The molecule has 0 bridgehead atoms. The molecule has 0 amide bonds. The summed E-state index contributed by atoms with van der Waals surface area (Å²) in [6, 6.07) is 7.30. The van der Waals surface area contributed by atoms with Gasteiger partial charge in [0.15, 0.2) is 18.2 Å². The first-order valence-electron chi connectivity index (χ1n) is 12.4. The van der Waals surface area contributed by atoms with E-state index in [9.17, 15) is 50.8 Å². The molecule has 9 atom stereocenters. The van der Waals surface area contributed by atoms with Crippen LogP contribution in [0.1, 0.15) is 0 Å². The van der Waals surface area contributed by atoms with Gasteiger partial charge in [0, 0.05) is 17.7 Å². The highest BCUT2D eigenvalue weighted by Gasteiger charge is 2.50. The third-order valence-corrected chi connectivity index (χ3v) is 6.85. The Bertz CT molecular complexity index is 1440. The second-order valence-corrected chi connectivity index (χ2v) is 9.65. The maximum Gasteiger partial charge on any atom is 0.239 e. The molecule has 5 rings (SSSR count). The van der Waals surface area contributed by atoms with Crippen molar-refractivity contribution >= 4 is 11.0 Å². The summed E-state index contributed by atoms with van der Waals surface area (Å²) < 4.78 is 28.1. The predicted octanol–water partition coefficient (Wildman–Crippen LogP) is -1.78. The summed E-state index contributed by atoms with van der Waals surface area (Å²) >= 11 is 0. The zero-order valence-corrected chi connectivity index (χ0v) is 21.0. The van der Waals surface area contributed by atoms with Crippen LogP contribution in [0.5, 0.6) is 23.0 Å². The lowest BCUT2D eigenvalue weighted by molar-refractivity contribution is -0.345. The summed E-state index contributed by atoms with van der Waals surface area (Å²) in [6.45, 7) is -1.25. The van der Waals surface area contributed by atoms with Crippen LogP contribution in [0.3, 0.4) is 0 Å². The van der Waals surface area contributed by atoms with Crippen molar-refractivity contribution in [3.63, 3.8) is 0 Å². The van der Waals surface area contributed by atoms with Crippen LogP contribution in [0.4, 0.5) is 0 Å². The van der Waals surface area contributed by atoms with Crippen LogP contribution in [0.2, 0.25) is 0 Å². The molecule has 2 aliphatic rings. The summed E-state index contributed by atoms with van der Waals surface area (Å²) in [5.74, 6) is -2.02. The number of fused-ring (bicyclic) bond motifs is 1. The van der Waals surface area contributed by atoms with Crippen LogP contribution < -0.4 is 10.2 Å². The standard InChI is InChI=1S/C26H28O15/c27-7-15-18(33)20(35)24(41-25-21(36)17(32)13(31)8-37-25)26(39-15)40-23-19(34)16-12(30)5-11(29)6-14(16)38-22(23)9-1-3-10(28)4-2-9/h1-6,13,15,17-18,20-21,24-33,35-36H,7-8H2/t13-,15?,17?,18+,20?,21-,24?,25+,26+/m1/s1. The summed E-state index contributed by atoms with van der Waals surface area (Å²) in [6.07, 6.45) is -15.1. The van der Waals surface area contributed by atoms with Crippen molar-refractivity contribution in [1.29, 1.82) is 0 Å². The maximum atomic E-state index is 13.7. The Labute approximate surface area is 230 Å². The molecular weight excluding hydrogens is 552 g/mol. The van der Waals surface area contributed by atoms with E-state index >= 15 is 0 Å². The minimum absolute atomic E-state index is 0.111. The molecule has 2 aliphatic heterocycles. The smallest absolute Gasteiger partial charge is 0.239 e. The Hall–Kier alpha value is -3.51. The van der Waals surface area contributed by atoms with Gasteiger partial charge in [-0.1, -0.05) is 0 Å². The number of phenols is 3. The molecule has 1 aromatic heterocycles. The summed E-state index contributed by atoms with van der Waals surface area (Å²) in [7, 11) is 0. The average molecular weight is 580 g/mol. The van der Waals surface area contributed by atoms with E-state index in [4.69, 9.17) is 23.4 Å². The van der Waals surface area contributed by atoms with Gasteiger partial charge in [0.25, 0.3) is 0 Å². The van der Waals surface area contributed by atoms with Crippen molar-refractivity contribution in [2.45, 2.75) is 55.3 Å².